The second-order valence-electron chi connectivity index (χ2n) is 14.4. The van der Waals surface area contributed by atoms with E-state index in [1.54, 1.807) is 6.92 Å². The Balaban J connectivity index is 1.27. The number of thiocarbonyl (C=S) groups is 1. The second-order valence-corrected chi connectivity index (χ2v) is 15.6. The van der Waals surface area contributed by atoms with E-state index < -0.39 is 107 Å². The molecular weight excluding hydrogens is 846 g/mol. The summed E-state index contributed by atoms with van der Waals surface area (Å²) < 4.78 is 31.3. The Labute approximate surface area is 356 Å². The summed E-state index contributed by atoms with van der Waals surface area (Å²) >= 11 is 17.5. The number of phenolic OH excluding ortho intramolecular Hbond substituents is 2. The number of phenols is 2. The Morgan fingerprint density at radius 2 is 1.75 bits per heavy atom. The number of rotatable bonds is 9. The molecule has 7 rings (SSSR count). The third kappa shape index (κ3) is 8.02. The summed E-state index contributed by atoms with van der Waals surface area (Å²) in [7, 11) is 1.31. The lowest BCUT2D eigenvalue weighted by Crippen LogP contribution is -2.56. The lowest BCUT2D eigenvalue weighted by Gasteiger charge is -2.43. The van der Waals surface area contributed by atoms with E-state index in [4.69, 9.17) is 49.6 Å². The number of nitrogens with zero attached hydrogens (tertiary/aromatic N) is 1. The molecule has 3 aliphatic rings. The number of ketones is 2. The fourth-order valence-corrected chi connectivity index (χ4v) is 8.26. The van der Waals surface area contributed by atoms with E-state index in [-0.39, 0.29) is 55.1 Å². The van der Waals surface area contributed by atoms with Crippen molar-refractivity contribution in [2.45, 2.75) is 62.4 Å². The van der Waals surface area contributed by atoms with Crippen molar-refractivity contribution in [1.82, 2.24) is 10.7 Å². The molecule has 0 bridgehead atoms. The van der Waals surface area contributed by atoms with Crippen LogP contribution in [0.25, 0.3) is 0 Å². The highest BCUT2D eigenvalue weighted by Crippen LogP contribution is 2.52. The van der Waals surface area contributed by atoms with Crippen molar-refractivity contribution in [3.63, 3.8) is 0 Å². The van der Waals surface area contributed by atoms with Crippen LogP contribution in [0.2, 0.25) is 10.0 Å². The van der Waals surface area contributed by atoms with Gasteiger partial charge in [0.05, 0.1) is 64.4 Å². The molecule has 314 valence electrons. The molecule has 1 saturated heterocycles. The maximum Gasteiger partial charge on any atom is 0.271 e. The lowest BCUT2D eigenvalue weighted by atomic mass is 9.71. The van der Waals surface area contributed by atoms with Gasteiger partial charge in [0.15, 0.2) is 17.2 Å². The average Bonchev–Trinajstić information content (AvgIpc) is 3.21. The van der Waals surface area contributed by atoms with E-state index in [1.807, 2.05) is 0 Å². The van der Waals surface area contributed by atoms with Crippen LogP contribution in [-0.4, -0.2) is 97.7 Å². The molecule has 1 amide bonds. The summed E-state index contributed by atoms with van der Waals surface area (Å²) in [5.74, 6) is -4.30. The van der Waals surface area contributed by atoms with E-state index >= 15 is 0 Å². The molecule has 19 heteroatoms. The van der Waals surface area contributed by atoms with Crippen molar-refractivity contribution in [2.24, 2.45) is 5.10 Å². The van der Waals surface area contributed by atoms with Gasteiger partial charge in [-0.2, -0.15) is 5.10 Å². The highest BCUT2D eigenvalue weighted by atomic mass is 35.5. The van der Waals surface area contributed by atoms with Crippen molar-refractivity contribution in [3.8, 4) is 17.2 Å². The number of hydrazone groups is 1. The molecule has 0 aromatic heterocycles. The number of amides is 1. The number of ether oxygens (including phenoxy) is 3. The Kier molecular flexibility index (Phi) is 12.2. The van der Waals surface area contributed by atoms with Crippen LogP contribution < -0.4 is 20.8 Å². The predicted octanol–water partition coefficient (Wildman–Crippen LogP) is 4.69. The van der Waals surface area contributed by atoms with Gasteiger partial charge in [0.2, 0.25) is 5.78 Å². The van der Waals surface area contributed by atoms with Crippen molar-refractivity contribution in [2.75, 3.05) is 19.0 Å². The first kappa shape index (κ1) is 42.9. The molecule has 15 nitrogen and oxygen atoms in total. The molecule has 60 heavy (non-hydrogen) atoms. The van der Waals surface area contributed by atoms with Gasteiger partial charge in [-0.25, -0.2) is 9.82 Å². The first-order valence-corrected chi connectivity index (χ1v) is 19.6. The van der Waals surface area contributed by atoms with Gasteiger partial charge in [0, 0.05) is 47.2 Å². The molecule has 1 heterocycles. The maximum atomic E-state index is 14.1. The summed E-state index contributed by atoms with van der Waals surface area (Å²) in [6.07, 6.45) is -5.94. The Morgan fingerprint density at radius 3 is 2.43 bits per heavy atom. The highest BCUT2D eigenvalue weighted by molar-refractivity contribution is 7.80. The Bertz CT molecular complexity index is 2460. The number of hydrogen-bond donors (Lipinski definition) is 8. The first-order chi connectivity index (χ1) is 28.5. The molecule has 6 atom stereocenters. The van der Waals surface area contributed by atoms with Gasteiger partial charge in [0.1, 0.15) is 34.8 Å². The third-order valence-corrected chi connectivity index (χ3v) is 11.6. The van der Waals surface area contributed by atoms with Gasteiger partial charge in [-0.1, -0.05) is 35.3 Å². The number of benzene rings is 4. The monoisotopic (exact) mass is 882 g/mol. The SMILES string of the molecule is COc1cccc2c1C(=O)c1c(O)c3c(c(O)c1C2=O)C[C@@](O)(/C(CO)=N/NC(=O)c1ccc(Cl)c(Cl)c1)C[C@H]3O[C@H]1C[C@@H](NC(=S)Nc2ccc(F)cc2)[C@@H](O)[C@H](C)O1. The van der Waals surface area contributed by atoms with Crippen LogP contribution in [0, 0.1) is 5.82 Å². The maximum absolute atomic E-state index is 14.1. The number of methoxy groups -OCH3 is 1. The van der Waals surface area contributed by atoms with Crippen molar-refractivity contribution < 1.29 is 58.5 Å². The predicted molar refractivity (Wildman–Crippen MR) is 220 cm³/mol. The molecule has 0 unspecified atom stereocenters. The van der Waals surface area contributed by atoms with Crippen molar-refractivity contribution in [1.29, 1.82) is 0 Å². The summed E-state index contributed by atoms with van der Waals surface area (Å²) in [6, 6.07) is 13.0. The van der Waals surface area contributed by atoms with Crippen LogP contribution in [0.15, 0.2) is 65.8 Å². The Hall–Kier alpha value is -5.24. The topological polar surface area (TPSA) is 228 Å². The number of aromatic hydroxyl groups is 2. The quantitative estimate of drug-likeness (QED) is 0.0435. The molecule has 1 aliphatic heterocycles. The number of carbonyl (C=O) groups excluding carboxylic acids is 3. The van der Waals surface area contributed by atoms with E-state index in [1.165, 1.54) is 67.8 Å². The fourth-order valence-electron chi connectivity index (χ4n) is 7.69. The van der Waals surface area contributed by atoms with Gasteiger partial charge >= 0.3 is 0 Å². The fraction of sp³-hybridized carbons (Fsp3) is 0.293. The minimum absolute atomic E-state index is 0.0446. The van der Waals surface area contributed by atoms with Gasteiger partial charge in [-0.15, -0.1) is 0 Å². The third-order valence-electron chi connectivity index (χ3n) is 10.7. The zero-order chi connectivity index (χ0) is 43.2. The van der Waals surface area contributed by atoms with E-state index in [9.17, 15) is 44.3 Å². The molecule has 8 N–H and O–H groups in total. The van der Waals surface area contributed by atoms with Gasteiger partial charge in [-0.05, 0) is 67.7 Å². The summed E-state index contributed by atoms with van der Waals surface area (Å²) in [5, 5.41) is 68.3. The van der Waals surface area contributed by atoms with Crippen LogP contribution >= 0.6 is 35.4 Å². The molecule has 0 saturated carbocycles. The summed E-state index contributed by atoms with van der Waals surface area (Å²) in [5.41, 5.74) is -1.57. The van der Waals surface area contributed by atoms with E-state index in [0.29, 0.717) is 5.69 Å². The van der Waals surface area contributed by atoms with Crippen LogP contribution in [0.5, 0.6) is 17.2 Å². The average molecular weight is 884 g/mol. The summed E-state index contributed by atoms with van der Waals surface area (Å²) in [6.45, 7) is 0.633. The minimum atomic E-state index is -2.25. The smallest absolute Gasteiger partial charge is 0.271 e. The number of nitrogens with one attached hydrogen (secondary N) is 3. The van der Waals surface area contributed by atoms with Crippen LogP contribution in [0.4, 0.5) is 10.1 Å². The molecule has 2 aliphatic carbocycles. The molecule has 1 fully saturated rings. The molecule has 4 aromatic rings. The normalized spacial score (nSPS) is 23.5. The van der Waals surface area contributed by atoms with E-state index in [0.717, 1.165) is 0 Å². The molecule has 0 radical (unpaired) electrons. The number of aliphatic hydroxyl groups is 3. The van der Waals surface area contributed by atoms with Gasteiger partial charge in [-0.3, -0.25) is 14.4 Å². The van der Waals surface area contributed by atoms with E-state index in [2.05, 4.69) is 21.2 Å². The number of anilines is 1. The Morgan fingerprint density at radius 1 is 1.03 bits per heavy atom. The largest absolute Gasteiger partial charge is 0.507 e. The van der Waals surface area contributed by atoms with Crippen molar-refractivity contribution in [3.05, 3.63) is 115 Å². The van der Waals surface area contributed by atoms with Gasteiger partial charge < -0.3 is 50.4 Å². The molecular formula is C41H37Cl2FN4O11S. The van der Waals surface area contributed by atoms with Crippen molar-refractivity contribution >= 4 is 69.4 Å². The number of fused-ring (bicyclic) bond motifs is 3. The second kappa shape index (κ2) is 17.0. The number of carbonyl (C=O) groups is 3. The minimum Gasteiger partial charge on any atom is -0.507 e. The highest BCUT2D eigenvalue weighted by Gasteiger charge is 2.50. The number of halogens is 3. The van der Waals surface area contributed by atoms with Crippen LogP contribution in [0.3, 0.4) is 0 Å². The molecule has 4 aromatic carbocycles. The van der Waals surface area contributed by atoms with Crippen LogP contribution in [-0.2, 0) is 15.9 Å². The standard InChI is InChI=1S/C41H37Cl2FN4O11S/c1-17-34(50)25(46-40(60)45-20-9-7-19(44)8-10-20)13-29(58-17)59-27-15-41(56,28(16-49)47-48-39(55)18-6-11-23(42)24(43)12-18)14-22-31(27)38(54)33-32(36(22)52)35(51)21-4-3-5-26(57-2)30(21)37(33)53/h3-12,17,25,27,29,34,49-50,52,54,56H,13-16H2,1-2H3,(H,48,55)(H2,45,46,60)/b47-28+/t17-,25+,27+,29-,34-,41-/m0/s1. The zero-order valence-corrected chi connectivity index (χ0v) is 34.0. The van der Waals surface area contributed by atoms with Gasteiger partial charge in [0.25, 0.3) is 5.91 Å². The number of hydrogen-bond acceptors (Lipinski definition) is 13. The lowest BCUT2D eigenvalue weighted by molar-refractivity contribution is -0.247. The number of aliphatic hydroxyl groups excluding tert-OH is 2. The van der Waals surface area contributed by atoms with Crippen LogP contribution in [0.1, 0.15) is 79.2 Å². The zero-order valence-electron chi connectivity index (χ0n) is 31.7. The first-order valence-electron chi connectivity index (χ1n) is 18.4. The summed E-state index contributed by atoms with van der Waals surface area (Å²) in [4.78, 5) is 41.2. The molecule has 0 spiro atoms.